The van der Waals surface area contributed by atoms with Crippen LogP contribution in [-0.4, -0.2) is 42.5 Å². The van der Waals surface area contributed by atoms with Gasteiger partial charge in [-0.05, 0) is 36.8 Å². The predicted molar refractivity (Wildman–Crippen MR) is 115 cm³/mol. The molecular weight excluding hydrogens is 452 g/mol. The third kappa shape index (κ3) is 4.23. The average molecular weight is 473 g/mol. The molecule has 0 amide bonds. The van der Waals surface area contributed by atoms with Crippen molar-refractivity contribution in [1.82, 2.24) is 9.78 Å². The van der Waals surface area contributed by atoms with Gasteiger partial charge in [-0.1, -0.05) is 41.1 Å². The second-order valence-electron chi connectivity index (χ2n) is 6.29. The van der Waals surface area contributed by atoms with Crippen molar-refractivity contribution >= 4 is 27.9 Å². The van der Waals surface area contributed by atoms with Crippen molar-refractivity contribution in [3.05, 3.63) is 64.3 Å². The molecule has 156 valence electrons. The number of methoxy groups -OCH3 is 2. The molecule has 0 unspecified atom stereocenters. The molecule has 3 rings (SSSR count). The van der Waals surface area contributed by atoms with Crippen LogP contribution in [0.1, 0.15) is 34.2 Å². The SMILES string of the molecule is CCCOc1cc(Br)ccc1-c1nn(-c2ccccc2)c(C(=O)OC)c1C(=O)OC. The monoisotopic (exact) mass is 472 g/mol. The molecule has 0 saturated heterocycles. The Morgan fingerprint density at radius 1 is 1.03 bits per heavy atom. The fraction of sp³-hybridized carbons (Fsp3) is 0.227. The minimum Gasteiger partial charge on any atom is -0.493 e. The third-order valence-corrected chi connectivity index (χ3v) is 4.81. The average Bonchev–Trinajstić information content (AvgIpc) is 3.17. The molecule has 3 aromatic rings. The number of para-hydroxylation sites is 1. The maximum atomic E-state index is 12.8. The van der Waals surface area contributed by atoms with Gasteiger partial charge < -0.3 is 14.2 Å². The number of ether oxygens (including phenoxy) is 3. The summed E-state index contributed by atoms with van der Waals surface area (Å²) in [5.74, 6) is -0.867. The number of carbonyl (C=O) groups excluding carboxylic acids is 2. The molecule has 8 heteroatoms. The van der Waals surface area contributed by atoms with Crippen molar-refractivity contribution in [3.8, 4) is 22.7 Å². The zero-order valence-electron chi connectivity index (χ0n) is 16.8. The zero-order valence-corrected chi connectivity index (χ0v) is 18.4. The number of rotatable bonds is 7. The van der Waals surface area contributed by atoms with Gasteiger partial charge in [0.15, 0.2) is 5.69 Å². The van der Waals surface area contributed by atoms with E-state index in [9.17, 15) is 9.59 Å². The van der Waals surface area contributed by atoms with E-state index in [2.05, 4.69) is 21.0 Å². The summed E-state index contributed by atoms with van der Waals surface area (Å²) in [7, 11) is 2.50. The molecule has 0 bridgehead atoms. The molecule has 0 radical (unpaired) electrons. The maximum absolute atomic E-state index is 12.8. The molecule has 0 saturated carbocycles. The minimum atomic E-state index is -0.703. The summed E-state index contributed by atoms with van der Waals surface area (Å²) in [4.78, 5) is 25.4. The van der Waals surface area contributed by atoms with Crippen LogP contribution in [0.15, 0.2) is 53.0 Å². The number of hydrogen-bond acceptors (Lipinski definition) is 6. The molecule has 0 spiro atoms. The van der Waals surface area contributed by atoms with Gasteiger partial charge in [0.25, 0.3) is 0 Å². The fourth-order valence-electron chi connectivity index (χ4n) is 2.97. The molecule has 0 atom stereocenters. The number of carbonyl (C=O) groups is 2. The smallest absolute Gasteiger partial charge is 0.357 e. The van der Waals surface area contributed by atoms with Gasteiger partial charge in [0.2, 0.25) is 0 Å². The summed E-state index contributed by atoms with van der Waals surface area (Å²) in [6.07, 6.45) is 0.807. The van der Waals surface area contributed by atoms with Crippen LogP contribution in [0.3, 0.4) is 0 Å². The van der Waals surface area contributed by atoms with Crippen LogP contribution < -0.4 is 4.74 Å². The Hall–Kier alpha value is -3.13. The molecule has 1 heterocycles. The standard InChI is InChI=1S/C22H21BrN2O5/c1-4-12-30-17-13-14(23)10-11-16(17)19-18(21(26)28-2)20(22(27)29-3)25(24-19)15-8-6-5-7-9-15/h5-11,13H,4,12H2,1-3H3. The Kier molecular flexibility index (Phi) is 6.89. The first-order valence-electron chi connectivity index (χ1n) is 9.29. The fourth-order valence-corrected chi connectivity index (χ4v) is 3.31. The Bertz CT molecular complexity index is 1060. The van der Waals surface area contributed by atoms with Crippen LogP contribution >= 0.6 is 15.9 Å². The van der Waals surface area contributed by atoms with Gasteiger partial charge >= 0.3 is 11.9 Å². The van der Waals surface area contributed by atoms with Gasteiger partial charge in [0.1, 0.15) is 17.0 Å². The lowest BCUT2D eigenvalue weighted by molar-refractivity contribution is 0.0549. The quantitative estimate of drug-likeness (QED) is 0.465. The summed E-state index contributed by atoms with van der Waals surface area (Å²) in [5.41, 5.74) is 1.42. The number of aromatic nitrogens is 2. The van der Waals surface area contributed by atoms with Crippen LogP contribution in [0.2, 0.25) is 0 Å². The summed E-state index contributed by atoms with van der Waals surface area (Å²) >= 11 is 3.44. The van der Waals surface area contributed by atoms with E-state index in [1.54, 1.807) is 24.3 Å². The lowest BCUT2D eigenvalue weighted by Crippen LogP contribution is -2.15. The van der Waals surface area contributed by atoms with E-state index in [0.717, 1.165) is 10.9 Å². The molecule has 30 heavy (non-hydrogen) atoms. The van der Waals surface area contributed by atoms with E-state index < -0.39 is 11.9 Å². The van der Waals surface area contributed by atoms with Crippen LogP contribution in [0.5, 0.6) is 5.75 Å². The first-order chi connectivity index (χ1) is 14.5. The summed E-state index contributed by atoms with van der Waals surface area (Å²) in [6.45, 7) is 2.48. The van der Waals surface area contributed by atoms with Gasteiger partial charge in [-0.25, -0.2) is 14.3 Å². The van der Waals surface area contributed by atoms with E-state index in [1.165, 1.54) is 18.9 Å². The van der Waals surface area contributed by atoms with Crippen molar-refractivity contribution in [2.75, 3.05) is 20.8 Å². The van der Waals surface area contributed by atoms with Crippen molar-refractivity contribution in [1.29, 1.82) is 0 Å². The number of hydrogen-bond donors (Lipinski definition) is 0. The minimum absolute atomic E-state index is 0.0110. The van der Waals surface area contributed by atoms with Crippen LogP contribution in [0.4, 0.5) is 0 Å². The summed E-state index contributed by atoms with van der Waals surface area (Å²) < 4.78 is 18.0. The van der Waals surface area contributed by atoms with Crippen molar-refractivity contribution in [2.24, 2.45) is 0 Å². The van der Waals surface area contributed by atoms with Gasteiger partial charge in [0.05, 0.1) is 26.5 Å². The highest BCUT2D eigenvalue weighted by Gasteiger charge is 2.32. The van der Waals surface area contributed by atoms with Gasteiger partial charge in [-0.2, -0.15) is 5.10 Å². The van der Waals surface area contributed by atoms with E-state index in [1.807, 2.05) is 31.2 Å². The molecule has 0 aliphatic carbocycles. The molecule has 0 aliphatic rings. The second-order valence-corrected chi connectivity index (χ2v) is 7.21. The number of benzene rings is 2. The van der Waals surface area contributed by atoms with E-state index in [4.69, 9.17) is 14.2 Å². The Balaban J connectivity index is 2.34. The topological polar surface area (TPSA) is 79.7 Å². The normalized spacial score (nSPS) is 10.5. The highest BCUT2D eigenvalue weighted by molar-refractivity contribution is 9.10. The number of esters is 2. The van der Waals surface area contributed by atoms with E-state index >= 15 is 0 Å². The maximum Gasteiger partial charge on any atom is 0.357 e. The van der Waals surface area contributed by atoms with Crippen molar-refractivity contribution in [3.63, 3.8) is 0 Å². The first kappa shape index (κ1) is 21.6. The van der Waals surface area contributed by atoms with Crippen LogP contribution in [-0.2, 0) is 9.47 Å². The molecule has 0 fully saturated rings. The van der Waals surface area contributed by atoms with E-state index in [-0.39, 0.29) is 17.0 Å². The van der Waals surface area contributed by atoms with Gasteiger partial charge in [-0.3, -0.25) is 0 Å². The molecule has 0 N–H and O–H groups in total. The summed E-state index contributed by atoms with van der Waals surface area (Å²) in [6, 6.07) is 14.4. The second kappa shape index (κ2) is 9.58. The largest absolute Gasteiger partial charge is 0.493 e. The predicted octanol–water partition coefficient (Wildman–Crippen LogP) is 4.66. The Morgan fingerprint density at radius 3 is 2.37 bits per heavy atom. The number of nitrogens with zero attached hydrogens (tertiary/aromatic N) is 2. The summed E-state index contributed by atoms with van der Waals surface area (Å²) in [5, 5.41) is 4.61. The van der Waals surface area contributed by atoms with Gasteiger partial charge in [0, 0.05) is 10.0 Å². The molecular formula is C22H21BrN2O5. The van der Waals surface area contributed by atoms with Gasteiger partial charge in [-0.15, -0.1) is 0 Å². The Labute approximate surface area is 182 Å². The molecule has 2 aromatic carbocycles. The molecule has 7 nitrogen and oxygen atoms in total. The Morgan fingerprint density at radius 2 is 1.73 bits per heavy atom. The third-order valence-electron chi connectivity index (χ3n) is 4.31. The van der Waals surface area contributed by atoms with Crippen molar-refractivity contribution in [2.45, 2.75) is 13.3 Å². The van der Waals surface area contributed by atoms with Crippen LogP contribution in [0, 0.1) is 0 Å². The molecule has 0 aliphatic heterocycles. The lowest BCUT2D eigenvalue weighted by atomic mass is 10.0. The zero-order chi connectivity index (χ0) is 21.7. The lowest BCUT2D eigenvalue weighted by Gasteiger charge is -2.11. The first-order valence-corrected chi connectivity index (χ1v) is 10.1. The van der Waals surface area contributed by atoms with Crippen molar-refractivity contribution < 1.29 is 23.8 Å². The molecule has 1 aromatic heterocycles. The van der Waals surface area contributed by atoms with E-state index in [0.29, 0.717) is 23.6 Å². The number of halogens is 1. The highest BCUT2D eigenvalue weighted by Crippen LogP contribution is 2.36. The van der Waals surface area contributed by atoms with Crippen LogP contribution in [0.25, 0.3) is 16.9 Å². The highest BCUT2D eigenvalue weighted by atomic mass is 79.9.